The van der Waals surface area contributed by atoms with E-state index in [9.17, 15) is 14.7 Å². The summed E-state index contributed by atoms with van der Waals surface area (Å²) in [6, 6.07) is -0.157. The zero-order chi connectivity index (χ0) is 13.0. The fourth-order valence-corrected chi connectivity index (χ4v) is 2.52. The van der Waals surface area contributed by atoms with E-state index >= 15 is 0 Å². The molecule has 2 aliphatic heterocycles. The van der Waals surface area contributed by atoms with Gasteiger partial charge < -0.3 is 20.5 Å². The first-order valence-corrected chi connectivity index (χ1v) is 6.46. The molecule has 3 N–H and O–H groups in total. The van der Waals surface area contributed by atoms with Crippen LogP contribution in [0, 0.1) is 5.41 Å². The van der Waals surface area contributed by atoms with Gasteiger partial charge in [-0.25, -0.2) is 0 Å². The van der Waals surface area contributed by atoms with Gasteiger partial charge >= 0.3 is 5.97 Å². The molecule has 2 heterocycles. The first kappa shape index (κ1) is 13.3. The van der Waals surface area contributed by atoms with Crippen molar-refractivity contribution in [3.63, 3.8) is 0 Å². The maximum absolute atomic E-state index is 11.9. The summed E-state index contributed by atoms with van der Waals surface area (Å²) in [4.78, 5) is 23.2. The van der Waals surface area contributed by atoms with Gasteiger partial charge in [-0.15, -0.1) is 0 Å². The molecule has 0 aromatic rings. The quantitative estimate of drug-likeness (QED) is 0.645. The summed E-state index contributed by atoms with van der Waals surface area (Å²) in [7, 11) is 0. The molecule has 1 unspecified atom stereocenters. The van der Waals surface area contributed by atoms with Gasteiger partial charge in [0.2, 0.25) is 5.91 Å². The van der Waals surface area contributed by atoms with Crippen LogP contribution in [0.4, 0.5) is 0 Å². The molecule has 102 valence electrons. The molecule has 2 aliphatic rings. The van der Waals surface area contributed by atoms with Gasteiger partial charge in [0.25, 0.3) is 0 Å². The van der Waals surface area contributed by atoms with Gasteiger partial charge in [0.05, 0.1) is 11.5 Å². The van der Waals surface area contributed by atoms with Crippen molar-refractivity contribution in [1.82, 2.24) is 10.6 Å². The van der Waals surface area contributed by atoms with Gasteiger partial charge in [-0.2, -0.15) is 0 Å². The molecule has 2 fully saturated rings. The Labute approximate surface area is 106 Å². The number of ether oxygens (including phenoxy) is 1. The Morgan fingerprint density at radius 3 is 2.67 bits per heavy atom. The van der Waals surface area contributed by atoms with Crippen LogP contribution in [-0.4, -0.2) is 49.3 Å². The van der Waals surface area contributed by atoms with Crippen LogP contribution in [0.1, 0.15) is 25.7 Å². The second-order valence-electron chi connectivity index (χ2n) is 5.06. The largest absolute Gasteiger partial charge is 0.481 e. The molecular formula is C12H20N2O4. The minimum Gasteiger partial charge on any atom is -0.481 e. The highest BCUT2D eigenvalue weighted by Crippen LogP contribution is 2.30. The van der Waals surface area contributed by atoms with Gasteiger partial charge in [-0.3, -0.25) is 9.59 Å². The van der Waals surface area contributed by atoms with E-state index in [0.29, 0.717) is 26.1 Å². The predicted molar refractivity (Wildman–Crippen MR) is 64.2 cm³/mol. The number of hydrogen-bond donors (Lipinski definition) is 3. The van der Waals surface area contributed by atoms with E-state index in [1.165, 1.54) is 0 Å². The Bertz CT molecular complexity index is 320. The summed E-state index contributed by atoms with van der Waals surface area (Å²) in [5, 5.41) is 15.2. The molecule has 0 saturated carbocycles. The number of carboxylic acid groups (broad SMARTS) is 1. The van der Waals surface area contributed by atoms with Crippen molar-refractivity contribution in [2.45, 2.75) is 31.7 Å². The normalized spacial score (nSPS) is 26.8. The number of amides is 1. The molecule has 0 bridgehead atoms. The molecule has 18 heavy (non-hydrogen) atoms. The lowest BCUT2D eigenvalue weighted by Crippen LogP contribution is -2.50. The number of carbonyl (C=O) groups excluding carboxylic acids is 1. The average molecular weight is 256 g/mol. The van der Waals surface area contributed by atoms with E-state index in [1.807, 2.05) is 0 Å². The molecule has 0 spiro atoms. The molecule has 0 aromatic carbocycles. The zero-order valence-corrected chi connectivity index (χ0v) is 10.4. The van der Waals surface area contributed by atoms with E-state index in [4.69, 9.17) is 4.74 Å². The highest BCUT2D eigenvalue weighted by Gasteiger charge is 2.40. The highest BCUT2D eigenvalue weighted by molar-refractivity contribution is 5.83. The predicted octanol–water partition coefficient (Wildman–Crippen LogP) is -0.264. The van der Waals surface area contributed by atoms with Gasteiger partial charge in [0.15, 0.2) is 0 Å². The summed E-state index contributed by atoms with van der Waals surface area (Å²) >= 11 is 0. The van der Waals surface area contributed by atoms with E-state index in [0.717, 1.165) is 19.4 Å². The van der Waals surface area contributed by atoms with E-state index in [1.54, 1.807) is 0 Å². The number of carbonyl (C=O) groups is 2. The van der Waals surface area contributed by atoms with Crippen LogP contribution in [0.2, 0.25) is 0 Å². The Hall–Kier alpha value is -1.14. The minimum absolute atomic E-state index is 0.0837. The lowest BCUT2D eigenvalue weighted by atomic mass is 9.80. The summed E-state index contributed by atoms with van der Waals surface area (Å²) in [6.07, 6.45) is 2.74. The molecule has 1 atom stereocenters. The van der Waals surface area contributed by atoms with Crippen LogP contribution in [0.3, 0.4) is 0 Å². The smallest absolute Gasteiger partial charge is 0.311 e. The summed E-state index contributed by atoms with van der Waals surface area (Å²) in [5.74, 6) is -0.926. The van der Waals surface area contributed by atoms with Crippen LogP contribution < -0.4 is 10.6 Å². The second kappa shape index (κ2) is 5.67. The average Bonchev–Trinajstić information content (AvgIpc) is 2.91. The Kier molecular flexibility index (Phi) is 4.19. The third-order valence-electron chi connectivity index (χ3n) is 3.88. The molecule has 6 nitrogen and oxygen atoms in total. The molecule has 1 amide bonds. The van der Waals surface area contributed by atoms with Gasteiger partial charge in [-0.05, 0) is 32.2 Å². The first-order chi connectivity index (χ1) is 8.64. The Morgan fingerprint density at radius 1 is 1.39 bits per heavy atom. The van der Waals surface area contributed by atoms with E-state index in [2.05, 4.69) is 10.6 Å². The maximum atomic E-state index is 11.9. The van der Waals surface area contributed by atoms with Crippen LogP contribution >= 0.6 is 0 Å². The lowest BCUT2D eigenvalue weighted by Gasteiger charge is -2.33. The topological polar surface area (TPSA) is 87.7 Å². The van der Waals surface area contributed by atoms with Gasteiger partial charge in [0, 0.05) is 19.8 Å². The van der Waals surface area contributed by atoms with Crippen LogP contribution in [0.15, 0.2) is 0 Å². The summed E-state index contributed by atoms with van der Waals surface area (Å²) < 4.78 is 5.19. The number of nitrogens with one attached hydrogen (secondary N) is 2. The maximum Gasteiger partial charge on any atom is 0.311 e. The molecule has 0 aromatic heterocycles. The molecule has 2 rings (SSSR count). The molecule has 2 saturated heterocycles. The van der Waals surface area contributed by atoms with Crippen LogP contribution in [0.5, 0.6) is 0 Å². The summed E-state index contributed by atoms with van der Waals surface area (Å²) in [5.41, 5.74) is -0.855. The third-order valence-corrected chi connectivity index (χ3v) is 3.88. The van der Waals surface area contributed by atoms with Crippen molar-refractivity contribution in [3.05, 3.63) is 0 Å². The standard InChI is InChI=1S/C12H20N2O4/c15-10(9-2-1-5-13-9)14-8-12(11(16)17)3-6-18-7-4-12/h9,13H,1-8H2,(H,14,15)(H,16,17). The van der Waals surface area contributed by atoms with Crippen molar-refractivity contribution in [2.24, 2.45) is 5.41 Å². The van der Waals surface area contributed by atoms with E-state index < -0.39 is 11.4 Å². The van der Waals surface area contributed by atoms with Crippen LogP contribution in [-0.2, 0) is 14.3 Å². The third kappa shape index (κ3) is 2.81. The monoisotopic (exact) mass is 256 g/mol. The summed E-state index contributed by atoms with van der Waals surface area (Å²) in [6.45, 7) is 1.95. The van der Waals surface area contributed by atoms with Crippen molar-refractivity contribution < 1.29 is 19.4 Å². The lowest BCUT2D eigenvalue weighted by molar-refractivity contribution is -0.154. The fraction of sp³-hybridized carbons (Fsp3) is 0.833. The number of hydrogen-bond acceptors (Lipinski definition) is 4. The zero-order valence-electron chi connectivity index (χ0n) is 10.4. The van der Waals surface area contributed by atoms with Crippen molar-refractivity contribution in [2.75, 3.05) is 26.3 Å². The first-order valence-electron chi connectivity index (χ1n) is 6.46. The molecule has 6 heteroatoms. The molecule has 0 radical (unpaired) electrons. The Balaban J connectivity index is 1.89. The number of aliphatic carboxylic acids is 1. The number of rotatable bonds is 4. The molecule has 0 aliphatic carbocycles. The van der Waals surface area contributed by atoms with Crippen LogP contribution in [0.25, 0.3) is 0 Å². The molecular weight excluding hydrogens is 236 g/mol. The fourth-order valence-electron chi connectivity index (χ4n) is 2.52. The van der Waals surface area contributed by atoms with Gasteiger partial charge in [0.1, 0.15) is 0 Å². The van der Waals surface area contributed by atoms with Crippen molar-refractivity contribution >= 4 is 11.9 Å². The van der Waals surface area contributed by atoms with E-state index in [-0.39, 0.29) is 18.5 Å². The minimum atomic E-state index is -0.855. The highest BCUT2D eigenvalue weighted by atomic mass is 16.5. The SMILES string of the molecule is O=C(NCC1(C(=O)O)CCOCC1)C1CCCN1. The van der Waals surface area contributed by atoms with Crippen molar-refractivity contribution in [1.29, 1.82) is 0 Å². The number of carboxylic acids is 1. The van der Waals surface area contributed by atoms with Gasteiger partial charge in [-0.1, -0.05) is 0 Å². The Morgan fingerprint density at radius 2 is 2.11 bits per heavy atom. The second-order valence-corrected chi connectivity index (χ2v) is 5.06. The van der Waals surface area contributed by atoms with Crippen molar-refractivity contribution in [3.8, 4) is 0 Å².